The second-order valence-electron chi connectivity index (χ2n) is 14.7. The Kier molecular flexibility index (Phi) is 9.02. The average molecular weight is 783 g/mol. The van der Waals surface area contributed by atoms with Crippen LogP contribution in [0.2, 0.25) is 0 Å². The highest BCUT2D eigenvalue weighted by Crippen LogP contribution is 2.41. The molecule has 0 fully saturated rings. The molecule has 7 nitrogen and oxygen atoms in total. The van der Waals surface area contributed by atoms with Crippen LogP contribution in [0, 0.1) is 0 Å². The number of nitrogens with zero attached hydrogens (tertiary/aromatic N) is 6. The average Bonchev–Trinajstić information content (AvgIpc) is 3.74. The first kappa shape index (κ1) is 35.7. The molecule has 0 aliphatic rings. The number of benzene rings is 8. The van der Waals surface area contributed by atoms with E-state index in [4.69, 9.17) is 34.3 Å². The predicted molar refractivity (Wildman–Crippen MR) is 244 cm³/mol. The fourth-order valence-electron chi connectivity index (χ4n) is 7.81. The van der Waals surface area contributed by atoms with E-state index in [9.17, 15) is 0 Å². The van der Waals surface area contributed by atoms with Crippen molar-refractivity contribution in [1.82, 2.24) is 29.9 Å². The third kappa shape index (κ3) is 6.90. The third-order valence-corrected chi connectivity index (χ3v) is 10.8. The SMILES string of the molecule is c1ccc(-c2nc(-c3ccccc3)nc(-c3cccc(-c4ccc(-c5cccc6c5oc5ccccc56)c(-c5nc(-c6ccccc6)nc(-c6ccccc6)n5)c4)c3)n2)cc1. The fourth-order valence-corrected chi connectivity index (χ4v) is 7.81. The number of hydrogen-bond acceptors (Lipinski definition) is 7. The quantitative estimate of drug-likeness (QED) is 0.152. The van der Waals surface area contributed by atoms with Crippen molar-refractivity contribution < 1.29 is 4.42 Å². The predicted octanol–water partition coefficient (Wildman–Crippen LogP) is 13.3. The molecule has 0 saturated heterocycles. The zero-order chi connectivity index (χ0) is 40.5. The van der Waals surface area contributed by atoms with Crippen LogP contribution >= 0.6 is 0 Å². The van der Waals surface area contributed by atoms with Crippen LogP contribution in [0.4, 0.5) is 0 Å². The smallest absolute Gasteiger partial charge is 0.164 e. The first-order valence-electron chi connectivity index (χ1n) is 20.1. The van der Waals surface area contributed by atoms with Crippen LogP contribution in [0.25, 0.3) is 113 Å². The summed E-state index contributed by atoms with van der Waals surface area (Å²) in [5.74, 6) is 3.52. The van der Waals surface area contributed by atoms with E-state index in [1.165, 1.54) is 0 Å². The molecule has 11 aromatic rings. The molecule has 0 unspecified atom stereocenters. The Morgan fingerprint density at radius 2 is 0.656 bits per heavy atom. The Bertz CT molecular complexity index is 3240. The van der Waals surface area contributed by atoms with Crippen LogP contribution in [0.1, 0.15) is 0 Å². The molecule has 61 heavy (non-hydrogen) atoms. The Labute approximate surface area is 351 Å². The van der Waals surface area contributed by atoms with Gasteiger partial charge in [0.15, 0.2) is 34.9 Å². The maximum absolute atomic E-state index is 6.61. The maximum Gasteiger partial charge on any atom is 0.164 e. The highest BCUT2D eigenvalue weighted by molar-refractivity contribution is 6.10. The van der Waals surface area contributed by atoms with Gasteiger partial charge in [-0.25, -0.2) is 29.9 Å². The minimum Gasteiger partial charge on any atom is -0.455 e. The van der Waals surface area contributed by atoms with Crippen LogP contribution in [0.15, 0.2) is 211 Å². The number of fused-ring (bicyclic) bond motifs is 3. The van der Waals surface area contributed by atoms with Gasteiger partial charge in [0.05, 0.1) is 0 Å². The third-order valence-electron chi connectivity index (χ3n) is 10.8. The summed E-state index contributed by atoms with van der Waals surface area (Å²) in [5.41, 5.74) is 10.8. The van der Waals surface area contributed by atoms with Gasteiger partial charge in [-0.1, -0.05) is 188 Å². The van der Waals surface area contributed by atoms with Crippen molar-refractivity contribution in [3.63, 3.8) is 0 Å². The standard InChI is InChI=1S/C54H34N6O/c1-5-17-35(18-6-1)49-55-50(36-19-7-2-8-20-36)58-53(57-49)41-26-15-25-39(33-41)40-31-32-42(44-28-16-29-45-43-27-13-14-30-47(43)61-48(44)45)46(34-40)54-59-51(37-21-9-3-10-22-37)56-52(60-54)38-23-11-4-12-24-38/h1-34H. The lowest BCUT2D eigenvalue weighted by molar-refractivity contribution is 0.670. The molecular formula is C54H34N6O. The van der Waals surface area contributed by atoms with Gasteiger partial charge in [0.2, 0.25) is 0 Å². The summed E-state index contributed by atoms with van der Waals surface area (Å²) in [5, 5.41) is 2.11. The van der Waals surface area contributed by atoms with Crippen LogP contribution in [-0.2, 0) is 0 Å². The summed E-state index contributed by atoms with van der Waals surface area (Å²) in [6.07, 6.45) is 0. The zero-order valence-corrected chi connectivity index (χ0v) is 32.7. The van der Waals surface area contributed by atoms with Crippen molar-refractivity contribution in [2.75, 3.05) is 0 Å². The van der Waals surface area contributed by atoms with Crippen LogP contribution in [0.5, 0.6) is 0 Å². The molecule has 0 radical (unpaired) electrons. The van der Waals surface area contributed by atoms with E-state index in [0.29, 0.717) is 34.9 Å². The van der Waals surface area contributed by atoms with Crippen LogP contribution in [-0.4, -0.2) is 29.9 Å². The second-order valence-corrected chi connectivity index (χ2v) is 14.7. The molecule has 0 aliphatic carbocycles. The van der Waals surface area contributed by atoms with Gasteiger partial charge in [0.1, 0.15) is 11.2 Å². The number of aromatic nitrogens is 6. The Balaban J connectivity index is 1.11. The topological polar surface area (TPSA) is 90.5 Å². The zero-order valence-electron chi connectivity index (χ0n) is 32.7. The monoisotopic (exact) mass is 782 g/mol. The molecule has 0 amide bonds. The molecule has 0 atom stereocenters. The molecule has 8 aromatic carbocycles. The van der Waals surface area contributed by atoms with Crippen molar-refractivity contribution in [2.45, 2.75) is 0 Å². The van der Waals surface area contributed by atoms with Gasteiger partial charge in [0, 0.05) is 49.7 Å². The lowest BCUT2D eigenvalue weighted by atomic mass is 9.93. The fraction of sp³-hybridized carbons (Fsp3) is 0. The van der Waals surface area contributed by atoms with E-state index < -0.39 is 0 Å². The molecule has 11 rings (SSSR count). The Morgan fingerprint density at radius 1 is 0.246 bits per heavy atom. The highest BCUT2D eigenvalue weighted by atomic mass is 16.3. The molecule has 0 spiro atoms. The molecular weight excluding hydrogens is 749 g/mol. The molecule has 0 bridgehead atoms. The van der Waals surface area contributed by atoms with Crippen molar-refractivity contribution in [2.24, 2.45) is 0 Å². The van der Waals surface area contributed by atoms with Gasteiger partial charge in [0.25, 0.3) is 0 Å². The summed E-state index contributed by atoms with van der Waals surface area (Å²) in [6.45, 7) is 0. The summed E-state index contributed by atoms with van der Waals surface area (Å²) in [6, 6.07) is 69.4. The number of furan rings is 1. The maximum atomic E-state index is 6.61. The molecule has 0 saturated carbocycles. The number of para-hydroxylation sites is 2. The largest absolute Gasteiger partial charge is 0.455 e. The van der Waals surface area contributed by atoms with Crippen LogP contribution in [0.3, 0.4) is 0 Å². The molecule has 3 aromatic heterocycles. The van der Waals surface area contributed by atoms with Gasteiger partial charge in [-0.3, -0.25) is 0 Å². The lowest BCUT2D eigenvalue weighted by Gasteiger charge is -2.15. The van der Waals surface area contributed by atoms with Crippen molar-refractivity contribution in [1.29, 1.82) is 0 Å². The van der Waals surface area contributed by atoms with E-state index in [1.807, 2.05) is 152 Å². The molecule has 7 heteroatoms. The molecule has 286 valence electrons. The highest BCUT2D eigenvalue weighted by Gasteiger charge is 2.21. The second kappa shape index (κ2) is 15.4. The number of rotatable bonds is 8. The first-order valence-corrected chi connectivity index (χ1v) is 20.1. The van der Waals surface area contributed by atoms with E-state index in [2.05, 4.69) is 54.6 Å². The van der Waals surface area contributed by atoms with Crippen LogP contribution < -0.4 is 0 Å². The molecule has 0 aliphatic heterocycles. The van der Waals surface area contributed by atoms with Gasteiger partial charge in [-0.15, -0.1) is 0 Å². The van der Waals surface area contributed by atoms with E-state index in [-0.39, 0.29) is 0 Å². The van der Waals surface area contributed by atoms with E-state index in [1.54, 1.807) is 0 Å². The normalized spacial score (nSPS) is 11.3. The minimum absolute atomic E-state index is 0.547. The van der Waals surface area contributed by atoms with Crippen molar-refractivity contribution in [3.8, 4) is 90.6 Å². The van der Waals surface area contributed by atoms with Crippen molar-refractivity contribution >= 4 is 21.9 Å². The van der Waals surface area contributed by atoms with Gasteiger partial charge in [-0.2, -0.15) is 0 Å². The lowest BCUT2D eigenvalue weighted by Crippen LogP contribution is -2.01. The van der Waals surface area contributed by atoms with E-state index >= 15 is 0 Å². The first-order chi connectivity index (χ1) is 30.2. The van der Waals surface area contributed by atoms with Gasteiger partial charge < -0.3 is 4.42 Å². The minimum atomic E-state index is 0.547. The van der Waals surface area contributed by atoms with Gasteiger partial charge >= 0.3 is 0 Å². The Hall–Kier alpha value is -8.42. The summed E-state index contributed by atoms with van der Waals surface area (Å²) >= 11 is 0. The van der Waals surface area contributed by atoms with Crippen molar-refractivity contribution in [3.05, 3.63) is 206 Å². The summed E-state index contributed by atoms with van der Waals surface area (Å²) in [4.78, 5) is 30.4. The molecule has 0 N–H and O–H groups in total. The summed E-state index contributed by atoms with van der Waals surface area (Å²) < 4.78 is 6.61. The Morgan fingerprint density at radius 3 is 1.21 bits per heavy atom. The molecule has 3 heterocycles. The number of hydrogen-bond donors (Lipinski definition) is 0. The van der Waals surface area contributed by atoms with Gasteiger partial charge in [-0.05, 0) is 34.9 Å². The summed E-state index contributed by atoms with van der Waals surface area (Å²) in [7, 11) is 0. The van der Waals surface area contributed by atoms with E-state index in [0.717, 1.165) is 77.6 Å².